The van der Waals surface area contributed by atoms with Crippen LogP contribution in [0.3, 0.4) is 0 Å². The molecule has 0 spiro atoms. The highest BCUT2D eigenvalue weighted by Gasteiger charge is 2.42. The first-order valence-electron chi connectivity index (χ1n) is 9.65. The van der Waals surface area contributed by atoms with Crippen molar-refractivity contribution in [3.05, 3.63) is 112 Å². The van der Waals surface area contributed by atoms with Gasteiger partial charge in [-0.15, -0.1) is 0 Å². The maximum absolute atomic E-state index is 3.85. The summed E-state index contributed by atoms with van der Waals surface area (Å²) in [5.74, 6) is 0. The zero-order valence-electron chi connectivity index (χ0n) is 16.0. The Labute approximate surface area is 175 Å². The molecule has 5 rings (SSSR count). The zero-order valence-corrected chi connectivity index (χ0v) is 17.6. The minimum absolute atomic E-state index is 0.173. The second-order valence-electron chi connectivity index (χ2n) is 7.78. The average Bonchev–Trinajstić information content (AvgIpc) is 2.99. The van der Waals surface area contributed by atoms with E-state index in [-0.39, 0.29) is 5.41 Å². The second kappa shape index (κ2) is 6.50. The number of fused-ring (bicyclic) bond motifs is 3. The van der Waals surface area contributed by atoms with Gasteiger partial charge in [-0.2, -0.15) is 0 Å². The smallest absolute Gasteiger partial charge is 0.0883 e. The van der Waals surface area contributed by atoms with Gasteiger partial charge in [0.15, 0.2) is 0 Å². The van der Waals surface area contributed by atoms with Gasteiger partial charge < -0.3 is 0 Å². The van der Waals surface area contributed by atoms with Crippen molar-refractivity contribution in [1.29, 1.82) is 0 Å². The summed E-state index contributed by atoms with van der Waals surface area (Å²) in [6, 6.07) is 33.1. The monoisotopic (exact) mass is 422 g/mol. The van der Waals surface area contributed by atoms with E-state index in [0.29, 0.717) is 0 Å². The molecule has 2 heteroatoms. The molecule has 4 aromatic carbocycles. The summed E-state index contributed by atoms with van der Waals surface area (Å²) in [4.78, 5) is 0. The van der Waals surface area contributed by atoms with Crippen LogP contribution < -0.4 is 5.46 Å². The molecule has 1 aliphatic carbocycles. The fraction of sp³-hybridized carbons (Fsp3) is 0.0769. The first-order valence-corrected chi connectivity index (χ1v) is 10.4. The van der Waals surface area contributed by atoms with Crippen molar-refractivity contribution in [2.45, 2.75) is 12.3 Å². The van der Waals surface area contributed by atoms with Crippen LogP contribution in [0.1, 0.15) is 23.6 Å². The average molecular weight is 423 g/mol. The van der Waals surface area contributed by atoms with Crippen molar-refractivity contribution < 1.29 is 0 Å². The number of hydrogen-bond donors (Lipinski definition) is 0. The molecule has 134 valence electrons. The van der Waals surface area contributed by atoms with E-state index < -0.39 is 0 Å². The van der Waals surface area contributed by atoms with Gasteiger partial charge in [0, 0.05) is 9.89 Å². The molecule has 0 radical (unpaired) electrons. The lowest BCUT2D eigenvalue weighted by Crippen LogP contribution is -2.23. The van der Waals surface area contributed by atoms with Crippen LogP contribution in [0.25, 0.3) is 22.3 Å². The lowest BCUT2D eigenvalue weighted by Gasteiger charge is -2.29. The Bertz CT molecular complexity index is 1180. The van der Waals surface area contributed by atoms with E-state index in [9.17, 15) is 0 Å². The maximum atomic E-state index is 3.85. The molecular formula is C26H20BBr. The molecule has 0 aliphatic heterocycles. The molecule has 0 heterocycles. The van der Waals surface area contributed by atoms with Crippen LogP contribution in [0.15, 0.2) is 95.5 Å². The van der Waals surface area contributed by atoms with Crippen LogP contribution in [-0.4, -0.2) is 7.85 Å². The summed E-state index contributed by atoms with van der Waals surface area (Å²) in [6.07, 6.45) is 0. The molecule has 0 amide bonds. The van der Waals surface area contributed by atoms with E-state index in [4.69, 9.17) is 0 Å². The Morgan fingerprint density at radius 1 is 0.714 bits per heavy atom. The molecule has 28 heavy (non-hydrogen) atoms. The normalized spacial score (nSPS) is 17.2. The minimum atomic E-state index is -0.173. The predicted octanol–water partition coefficient (Wildman–Crippen LogP) is 5.71. The van der Waals surface area contributed by atoms with E-state index in [1.165, 1.54) is 48.9 Å². The number of benzene rings is 4. The van der Waals surface area contributed by atoms with Gasteiger partial charge in [0.1, 0.15) is 7.85 Å². The molecule has 0 N–H and O–H groups in total. The summed E-state index contributed by atoms with van der Waals surface area (Å²) in [5.41, 5.74) is 10.4. The summed E-state index contributed by atoms with van der Waals surface area (Å²) in [5, 5.41) is 0. The third kappa shape index (κ3) is 2.52. The predicted molar refractivity (Wildman–Crippen MR) is 125 cm³/mol. The van der Waals surface area contributed by atoms with Gasteiger partial charge in [-0.3, -0.25) is 0 Å². The van der Waals surface area contributed by atoms with Crippen LogP contribution in [0, 0.1) is 0 Å². The summed E-state index contributed by atoms with van der Waals surface area (Å²) >= 11 is 3.85. The molecule has 1 aliphatic rings. The molecular weight excluding hydrogens is 403 g/mol. The highest BCUT2D eigenvalue weighted by molar-refractivity contribution is 9.10. The molecule has 1 unspecified atom stereocenters. The number of halogens is 1. The Hall–Kier alpha value is -2.58. The SMILES string of the molecule is Bc1ccc2c(c1)-c1cccc(Br)c1C2(C)c1ccc(-c2ccccc2)cc1. The maximum Gasteiger partial charge on any atom is 0.139 e. The van der Waals surface area contributed by atoms with Crippen LogP contribution in [0.5, 0.6) is 0 Å². The lowest BCUT2D eigenvalue weighted by molar-refractivity contribution is 0.710. The Balaban J connectivity index is 1.72. The highest BCUT2D eigenvalue weighted by atomic mass is 79.9. The molecule has 0 saturated heterocycles. The van der Waals surface area contributed by atoms with E-state index in [0.717, 1.165) is 0 Å². The molecule has 0 aromatic heterocycles. The summed E-state index contributed by atoms with van der Waals surface area (Å²) in [7, 11) is 2.17. The molecule has 0 nitrogen and oxygen atoms in total. The van der Waals surface area contributed by atoms with Crippen LogP contribution in [0.4, 0.5) is 0 Å². The van der Waals surface area contributed by atoms with Gasteiger partial charge in [-0.25, -0.2) is 0 Å². The van der Waals surface area contributed by atoms with Crippen LogP contribution in [-0.2, 0) is 5.41 Å². The Morgan fingerprint density at radius 3 is 2.18 bits per heavy atom. The van der Waals surface area contributed by atoms with Crippen molar-refractivity contribution in [3.63, 3.8) is 0 Å². The van der Waals surface area contributed by atoms with Gasteiger partial charge in [-0.05, 0) is 51.9 Å². The number of hydrogen-bond acceptors (Lipinski definition) is 0. The Morgan fingerprint density at radius 2 is 1.43 bits per heavy atom. The third-order valence-electron chi connectivity index (χ3n) is 6.09. The van der Waals surface area contributed by atoms with Crippen molar-refractivity contribution in [2.24, 2.45) is 0 Å². The molecule has 1 atom stereocenters. The van der Waals surface area contributed by atoms with Crippen LogP contribution >= 0.6 is 15.9 Å². The summed E-state index contributed by atoms with van der Waals surface area (Å²) in [6.45, 7) is 2.36. The van der Waals surface area contributed by atoms with E-state index in [2.05, 4.69) is 122 Å². The molecule has 0 saturated carbocycles. The molecule has 0 bridgehead atoms. The lowest BCUT2D eigenvalue weighted by atomic mass is 9.73. The quantitative estimate of drug-likeness (QED) is 0.363. The van der Waals surface area contributed by atoms with Crippen molar-refractivity contribution in [2.75, 3.05) is 0 Å². The minimum Gasteiger partial charge on any atom is -0.0883 e. The fourth-order valence-corrected chi connectivity index (χ4v) is 5.40. The van der Waals surface area contributed by atoms with E-state index in [1.807, 2.05) is 0 Å². The van der Waals surface area contributed by atoms with E-state index >= 15 is 0 Å². The highest BCUT2D eigenvalue weighted by Crippen LogP contribution is 2.54. The summed E-state index contributed by atoms with van der Waals surface area (Å²) < 4.78 is 1.17. The topological polar surface area (TPSA) is 0 Å². The molecule has 4 aromatic rings. The largest absolute Gasteiger partial charge is 0.139 e. The zero-order chi connectivity index (χ0) is 19.3. The molecule has 0 fully saturated rings. The van der Waals surface area contributed by atoms with Gasteiger partial charge in [-0.1, -0.05) is 106 Å². The van der Waals surface area contributed by atoms with Gasteiger partial charge in [0.05, 0.1) is 0 Å². The van der Waals surface area contributed by atoms with Gasteiger partial charge in [0.2, 0.25) is 0 Å². The fourth-order valence-electron chi connectivity index (χ4n) is 4.63. The standard InChI is InChI=1S/C26H20BBr/c1-26(19-12-10-18(11-13-19)17-6-3-2-4-7-17)23-15-14-20(27)16-22(23)21-8-5-9-24(28)25(21)26/h2-16H,27H2,1H3. The van der Waals surface area contributed by atoms with Crippen LogP contribution in [0.2, 0.25) is 0 Å². The first-order chi connectivity index (χ1) is 13.6. The third-order valence-corrected chi connectivity index (χ3v) is 6.75. The van der Waals surface area contributed by atoms with Crippen molar-refractivity contribution in [1.82, 2.24) is 0 Å². The van der Waals surface area contributed by atoms with E-state index in [1.54, 1.807) is 0 Å². The second-order valence-corrected chi connectivity index (χ2v) is 8.63. The van der Waals surface area contributed by atoms with Crippen molar-refractivity contribution in [3.8, 4) is 22.3 Å². The van der Waals surface area contributed by atoms with Gasteiger partial charge >= 0.3 is 0 Å². The number of rotatable bonds is 2. The Kier molecular flexibility index (Phi) is 4.06. The van der Waals surface area contributed by atoms with Crippen molar-refractivity contribution >= 4 is 29.2 Å². The first kappa shape index (κ1) is 17.5. The van der Waals surface area contributed by atoms with Gasteiger partial charge in [0.25, 0.3) is 0 Å².